The average Bonchev–Trinajstić information content (AvgIpc) is 2.38. The van der Waals surface area contributed by atoms with Gasteiger partial charge in [0.2, 0.25) is 0 Å². The van der Waals surface area contributed by atoms with E-state index in [1.54, 1.807) is 20.0 Å². The summed E-state index contributed by atoms with van der Waals surface area (Å²) in [5, 5.41) is 12.6. The summed E-state index contributed by atoms with van der Waals surface area (Å²) in [5.41, 5.74) is 1.53. The minimum Gasteiger partial charge on any atom is -0.491 e. The van der Waals surface area contributed by atoms with Crippen molar-refractivity contribution in [2.75, 3.05) is 19.0 Å². The Morgan fingerprint density at radius 3 is 2.89 bits per heavy atom. The van der Waals surface area contributed by atoms with Crippen molar-refractivity contribution in [1.82, 2.24) is 4.98 Å². The van der Waals surface area contributed by atoms with Crippen LogP contribution in [0, 0.1) is 17.1 Å². The third-order valence-corrected chi connectivity index (χ3v) is 2.59. The lowest BCUT2D eigenvalue weighted by atomic mass is 10.1. The first-order chi connectivity index (χ1) is 8.71. The van der Waals surface area contributed by atoms with Crippen molar-refractivity contribution in [3.05, 3.63) is 29.7 Å². The van der Waals surface area contributed by atoms with Crippen LogP contribution in [-0.2, 0) is 0 Å². The van der Waals surface area contributed by atoms with E-state index in [2.05, 4.69) is 10.3 Å². The molecule has 2 rings (SSSR count). The molecule has 18 heavy (non-hydrogen) atoms. The normalized spacial score (nSPS) is 10.1. The minimum atomic E-state index is -0.455. The first-order valence-corrected chi connectivity index (χ1v) is 5.54. The Kier molecular flexibility index (Phi) is 3.28. The van der Waals surface area contributed by atoms with E-state index in [1.807, 2.05) is 6.07 Å². The van der Waals surface area contributed by atoms with Crippen LogP contribution in [0.2, 0.25) is 0 Å². The standard InChI is InChI=1S/C13H12FN3O/c1-3-18-12-4-9-11(5-10(12)14)17-7-8(6-15)13(9)16-2/h4-5,7H,3H2,1-2H3,(H,16,17). The summed E-state index contributed by atoms with van der Waals surface area (Å²) in [7, 11) is 1.71. The minimum absolute atomic E-state index is 0.165. The second-order valence-corrected chi connectivity index (χ2v) is 3.64. The van der Waals surface area contributed by atoms with Crippen LogP contribution in [0.3, 0.4) is 0 Å². The largest absolute Gasteiger partial charge is 0.491 e. The first-order valence-electron chi connectivity index (χ1n) is 5.54. The molecular weight excluding hydrogens is 233 g/mol. The zero-order valence-electron chi connectivity index (χ0n) is 10.1. The Balaban J connectivity index is 2.75. The molecule has 0 atom stereocenters. The van der Waals surface area contributed by atoms with Gasteiger partial charge in [-0.05, 0) is 13.0 Å². The van der Waals surface area contributed by atoms with Gasteiger partial charge >= 0.3 is 0 Å². The molecule has 0 aliphatic heterocycles. The summed E-state index contributed by atoms with van der Waals surface area (Å²) in [6, 6.07) is 4.92. The molecule has 0 bridgehead atoms. The van der Waals surface area contributed by atoms with Crippen LogP contribution in [0.1, 0.15) is 12.5 Å². The summed E-state index contributed by atoms with van der Waals surface area (Å²) < 4.78 is 18.9. The Morgan fingerprint density at radius 1 is 1.50 bits per heavy atom. The van der Waals surface area contributed by atoms with Gasteiger partial charge < -0.3 is 10.1 Å². The number of aromatic nitrogens is 1. The third kappa shape index (κ3) is 1.93. The number of pyridine rings is 1. The lowest BCUT2D eigenvalue weighted by Crippen LogP contribution is -1.99. The molecule has 1 aromatic heterocycles. The number of nitriles is 1. The smallest absolute Gasteiger partial charge is 0.167 e. The summed E-state index contributed by atoms with van der Waals surface area (Å²) in [6.45, 7) is 2.16. The van der Waals surface area contributed by atoms with Crippen LogP contribution in [0.4, 0.5) is 10.1 Å². The maximum atomic E-state index is 13.7. The summed E-state index contributed by atoms with van der Waals surface area (Å²) in [4.78, 5) is 4.06. The molecule has 0 saturated heterocycles. The van der Waals surface area contributed by atoms with Gasteiger partial charge in [-0.2, -0.15) is 5.26 Å². The number of benzene rings is 1. The Bertz CT molecular complexity index is 634. The molecule has 2 aromatic rings. The van der Waals surface area contributed by atoms with E-state index in [1.165, 1.54) is 12.3 Å². The van der Waals surface area contributed by atoms with Crippen LogP contribution in [0.25, 0.3) is 10.9 Å². The number of nitrogens with zero attached hydrogens (tertiary/aromatic N) is 2. The van der Waals surface area contributed by atoms with Gasteiger partial charge in [-0.15, -0.1) is 0 Å². The zero-order chi connectivity index (χ0) is 13.1. The molecule has 1 N–H and O–H groups in total. The highest BCUT2D eigenvalue weighted by Crippen LogP contribution is 2.30. The molecular formula is C13H12FN3O. The molecule has 92 valence electrons. The lowest BCUT2D eigenvalue weighted by molar-refractivity contribution is 0.322. The molecule has 0 spiro atoms. The van der Waals surface area contributed by atoms with Gasteiger partial charge in [-0.1, -0.05) is 0 Å². The molecule has 0 unspecified atom stereocenters. The molecule has 4 nitrogen and oxygen atoms in total. The lowest BCUT2D eigenvalue weighted by Gasteiger charge is -2.10. The van der Waals surface area contributed by atoms with E-state index < -0.39 is 5.82 Å². The topological polar surface area (TPSA) is 57.9 Å². The fraction of sp³-hybridized carbons (Fsp3) is 0.231. The van der Waals surface area contributed by atoms with E-state index in [0.717, 1.165) is 0 Å². The van der Waals surface area contributed by atoms with E-state index in [-0.39, 0.29) is 5.75 Å². The number of halogens is 1. The SMILES string of the molecule is CCOc1cc2c(NC)c(C#N)cnc2cc1F. The molecule has 0 fully saturated rings. The number of rotatable bonds is 3. The Morgan fingerprint density at radius 2 is 2.28 bits per heavy atom. The summed E-state index contributed by atoms with van der Waals surface area (Å²) in [6.07, 6.45) is 1.42. The molecule has 1 aromatic carbocycles. The molecule has 0 saturated carbocycles. The van der Waals surface area contributed by atoms with Gasteiger partial charge in [0.05, 0.1) is 23.4 Å². The third-order valence-electron chi connectivity index (χ3n) is 2.59. The van der Waals surface area contributed by atoms with Crippen LogP contribution in [0.15, 0.2) is 18.3 Å². The van der Waals surface area contributed by atoms with E-state index >= 15 is 0 Å². The molecule has 0 aliphatic rings. The van der Waals surface area contributed by atoms with E-state index in [4.69, 9.17) is 10.00 Å². The Hall–Kier alpha value is -2.35. The average molecular weight is 245 g/mol. The van der Waals surface area contributed by atoms with Crippen molar-refractivity contribution in [2.24, 2.45) is 0 Å². The highest BCUT2D eigenvalue weighted by Gasteiger charge is 2.12. The number of anilines is 1. The van der Waals surface area contributed by atoms with Gasteiger partial charge in [0.25, 0.3) is 0 Å². The van der Waals surface area contributed by atoms with Crippen molar-refractivity contribution in [2.45, 2.75) is 6.92 Å². The van der Waals surface area contributed by atoms with Crippen molar-refractivity contribution in [3.8, 4) is 11.8 Å². The number of hydrogen-bond donors (Lipinski definition) is 1. The quantitative estimate of drug-likeness (QED) is 0.903. The number of nitrogens with one attached hydrogen (secondary N) is 1. The predicted molar refractivity (Wildman–Crippen MR) is 67.1 cm³/mol. The molecule has 5 heteroatoms. The van der Waals surface area contributed by atoms with Crippen molar-refractivity contribution < 1.29 is 9.13 Å². The predicted octanol–water partition coefficient (Wildman–Crippen LogP) is 2.69. The molecule has 0 aliphatic carbocycles. The maximum Gasteiger partial charge on any atom is 0.167 e. The molecule has 0 radical (unpaired) electrons. The number of ether oxygens (including phenoxy) is 1. The van der Waals surface area contributed by atoms with Crippen LogP contribution >= 0.6 is 0 Å². The molecule has 0 amide bonds. The fourth-order valence-corrected chi connectivity index (χ4v) is 1.81. The maximum absolute atomic E-state index is 13.7. The van der Waals surface area contributed by atoms with Crippen LogP contribution in [0.5, 0.6) is 5.75 Å². The van der Waals surface area contributed by atoms with Crippen LogP contribution in [-0.4, -0.2) is 18.6 Å². The van der Waals surface area contributed by atoms with Gasteiger partial charge in [0, 0.05) is 24.7 Å². The highest BCUT2D eigenvalue weighted by molar-refractivity contribution is 5.94. The zero-order valence-corrected chi connectivity index (χ0v) is 10.1. The van der Waals surface area contributed by atoms with Gasteiger partial charge in [-0.3, -0.25) is 4.98 Å². The van der Waals surface area contributed by atoms with Crippen molar-refractivity contribution in [1.29, 1.82) is 5.26 Å². The second kappa shape index (κ2) is 4.88. The van der Waals surface area contributed by atoms with Gasteiger partial charge in [-0.25, -0.2) is 4.39 Å². The van der Waals surface area contributed by atoms with Crippen LogP contribution < -0.4 is 10.1 Å². The second-order valence-electron chi connectivity index (χ2n) is 3.64. The van der Waals surface area contributed by atoms with Crippen molar-refractivity contribution >= 4 is 16.6 Å². The van der Waals surface area contributed by atoms with E-state index in [9.17, 15) is 4.39 Å². The monoisotopic (exact) mass is 245 g/mol. The summed E-state index contributed by atoms with van der Waals surface area (Å²) >= 11 is 0. The fourth-order valence-electron chi connectivity index (χ4n) is 1.81. The number of fused-ring (bicyclic) bond motifs is 1. The summed E-state index contributed by atoms with van der Waals surface area (Å²) in [5.74, 6) is -0.290. The molecule has 1 heterocycles. The highest BCUT2D eigenvalue weighted by atomic mass is 19.1. The van der Waals surface area contributed by atoms with Gasteiger partial charge in [0.15, 0.2) is 11.6 Å². The number of hydrogen-bond acceptors (Lipinski definition) is 4. The Labute approximate surface area is 104 Å². The van der Waals surface area contributed by atoms with E-state index in [0.29, 0.717) is 28.8 Å². The van der Waals surface area contributed by atoms with Gasteiger partial charge in [0.1, 0.15) is 6.07 Å². The van der Waals surface area contributed by atoms with Crippen molar-refractivity contribution in [3.63, 3.8) is 0 Å². The first kappa shape index (κ1) is 12.1.